The Labute approximate surface area is 192 Å². The molecule has 2 heterocycles. The summed E-state index contributed by atoms with van der Waals surface area (Å²) in [7, 11) is 0. The smallest absolute Gasteiger partial charge is 0.147 e. The molecule has 0 aliphatic carbocycles. The summed E-state index contributed by atoms with van der Waals surface area (Å²) < 4.78 is 27.1. The Hall–Kier alpha value is -2.91. The molecule has 0 aliphatic heterocycles. The molecule has 0 atom stereocenters. The van der Waals surface area contributed by atoms with Gasteiger partial charge in [0.1, 0.15) is 5.82 Å². The predicted octanol–water partition coefficient (Wildman–Crippen LogP) is 8.46. The van der Waals surface area contributed by atoms with Crippen molar-refractivity contribution in [2.75, 3.05) is 0 Å². The number of imidazole rings is 1. The van der Waals surface area contributed by atoms with Gasteiger partial charge in [-0.05, 0) is 54.1 Å². The first-order valence-electron chi connectivity index (χ1n) is 12.3. The number of thiophene rings is 1. The standard InChI is InChI=1S/C28H28N2S/c1-17(2)20-9-8-10-21(18(3)4)27(20)30-25-12-7-6-11-24(25)29-28(30)23-16-31-26-14-13-19(5)15-22(23)26/h6-18H,1-5H3/i5D3. The molecule has 0 saturated heterocycles. The number of aryl methyl sites for hydroxylation is 1. The summed E-state index contributed by atoms with van der Waals surface area (Å²) in [6, 6.07) is 20.2. The van der Waals surface area contributed by atoms with E-state index in [9.17, 15) is 0 Å². The highest BCUT2D eigenvalue weighted by atomic mass is 32.1. The minimum Gasteiger partial charge on any atom is -0.292 e. The van der Waals surface area contributed by atoms with Crippen molar-refractivity contribution in [1.82, 2.24) is 9.55 Å². The van der Waals surface area contributed by atoms with Crippen molar-refractivity contribution in [1.29, 1.82) is 0 Å². The molecule has 0 saturated carbocycles. The second-order valence-corrected chi connectivity index (χ2v) is 9.63. The second kappa shape index (κ2) is 7.65. The number of benzene rings is 3. The van der Waals surface area contributed by atoms with Crippen molar-refractivity contribution in [3.8, 4) is 17.1 Å². The van der Waals surface area contributed by atoms with Gasteiger partial charge in [0.05, 0.1) is 16.7 Å². The molecule has 31 heavy (non-hydrogen) atoms. The van der Waals surface area contributed by atoms with E-state index in [0.717, 1.165) is 32.5 Å². The summed E-state index contributed by atoms with van der Waals surface area (Å²) in [6.45, 7) is 6.76. The van der Waals surface area contributed by atoms with E-state index in [-0.39, 0.29) is 0 Å². The van der Waals surface area contributed by atoms with Crippen molar-refractivity contribution in [2.45, 2.75) is 46.4 Å². The van der Waals surface area contributed by atoms with Crippen LogP contribution in [0.3, 0.4) is 0 Å². The van der Waals surface area contributed by atoms with Crippen LogP contribution in [0.1, 0.15) is 60.3 Å². The van der Waals surface area contributed by atoms with E-state index >= 15 is 0 Å². The van der Waals surface area contributed by atoms with Gasteiger partial charge in [-0.3, -0.25) is 4.57 Å². The second-order valence-electron chi connectivity index (χ2n) is 8.71. The number of fused-ring (bicyclic) bond motifs is 2. The summed E-state index contributed by atoms with van der Waals surface area (Å²) in [5.74, 6) is 1.53. The van der Waals surface area contributed by atoms with Crippen LogP contribution < -0.4 is 0 Å². The molecule has 0 N–H and O–H groups in total. The van der Waals surface area contributed by atoms with Crippen molar-refractivity contribution in [3.63, 3.8) is 0 Å². The Kier molecular flexibility index (Phi) is 4.13. The lowest BCUT2D eigenvalue weighted by molar-refractivity contribution is 0.811. The molecule has 0 unspecified atom stereocenters. The van der Waals surface area contributed by atoms with Gasteiger partial charge in [0.2, 0.25) is 0 Å². The number of rotatable bonds is 4. The van der Waals surface area contributed by atoms with Gasteiger partial charge >= 0.3 is 0 Å². The predicted molar refractivity (Wildman–Crippen MR) is 135 cm³/mol. The van der Waals surface area contributed by atoms with E-state index in [1.54, 1.807) is 17.4 Å². The monoisotopic (exact) mass is 427 g/mol. The summed E-state index contributed by atoms with van der Waals surface area (Å²) >= 11 is 1.63. The number of nitrogens with zero attached hydrogens (tertiary/aromatic N) is 2. The van der Waals surface area contributed by atoms with E-state index in [2.05, 4.69) is 68.0 Å². The maximum absolute atomic E-state index is 7.91. The lowest BCUT2D eigenvalue weighted by Gasteiger charge is -2.22. The topological polar surface area (TPSA) is 17.8 Å². The molecule has 3 heteroatoms. The van der Waals surface area contributed by atoms with Crippen LogP contribution in [0.5, 0.6) is 0 Å². The SMILES string of the molecule is [2H]C([2H])([2H])c1ccc2scc(-c3nc4ccccc4n3-c3c(C(C)C)cccc3C(C)C)c2c1. The molecule has 0 radical (unpaired) electrons. The Bertz CT molecular complexity index is 1480. The van der Waals surface area contributed by atoms with Gasteiger partial charge in [-0.25, -0.2) is 4.98 Å². The lowest BCUT2D eigenvalue weighted by Crippen LogP contribution is -2.08. The van der Waals surface area contributed by atoms with Crippen molar-refractivity contribution < 1.29 is 4.11 Å². The third kappa shape index (κ3) is 3.28. The zero-order valence-electron chi connectivity index (χ0n) is 21.3. The van der Waals surface area contributed by atoms with Gasteiger partial charge in [-0.2, -0.15) is 0 Å². The van der Waals surface area contributed by atoms with E-state index in [0.29, 0.717) is 17.4 Å². The third-order valence-electron chi connectivity index (χ3n) is 5.94. The highest BCUT2D eigenvalue weighted by Crippen LogP contribution is 2.40. The fourth-order valence-corrected chi connectivity index (χ4v) is 5.32. The number of para-hydroxylation sites is 3. The van der Waals surface area contributed by atoms with Gasteiger partial charge < -0.3 is 0 Å². The van der Waals surface area contributed by atoms with Crippen molar-refractivity contribution in [3.05, 3.63) is 82.7 Å². The summed E-state index contributed by atoms with van der Waals surface area (Å²) in [5, 5.41) is 3.04. The van der Waals surface area contributed by atoms with Crippen LogP contribution in [0.2, 0.25) is 0 Å². The molecule has 0 spiro atoms. The molecule has 3 aromatic carbocycles. The van der Waals surface area contributed by atoms with Crippen LogP contribution in [-0.4, -0.2) is 9.55 Å². The van der Waals surface area contributed by atoms with E-state index in [4.69, 9.17) is 9.10 Å². The zero-order chi connectivity index (χ0) is 24.2. The van der Waals surface area contributed by atoms with Gasteiger partial charge in [0.25, 0.3) is 0 Å². The van der Waals surface area contributed by atoms with Crippen LogP contribution in [0, 0.1) is 6.85 Å². The van der Waals surface area contributed by atoms with Crippen LogP contribution >= 0.6 is 11.3 Å². The largest absolute Gasteiger partial charge is 0.292 e. The Balaban J connectivity index is 1.90. The molecule has 2 nitrogen and oxygen atoms in total. The summed E-state index contributed by atoms with van der Waals surface area (Å²) in [5.41, 5.74) is 7.04. The normalized spacial score (nSPS) is 13.8. The van der Waals surface area contributed by atoms with Gasteiger partial charge in [0.15, 0.2) is 0 Å². The summed E-state index contributed by atoms with van der Waals surface area (Å²) in [6.07, 6.45) is 0. The van der Waals surface area contributed by atoms with Crippen molar-refractivity contribution in [2.24, 2.45) is 0 Å². The lowest BCUT2D eigenvalue weighted by atomic mass is 9.92. The number of aromatic nitrogens is 2. The molecular weight excluding hydrogens is 396 g/mol. The molecule has 5 aromatic rings. The molecule has 156 valence electrons. The minimum atomic E-state index is -2.15. The molecular formula is C28H28N2S. The van der Waals surface area contributed by atoms with Crippen LogP contribution in [0.4, 0.5) is 0 Å². The van der Waals surface area contributed by atoms with Crippen LogP contribution in [0.15, 0.2) is 66.0 Å². The Morgan fingerprint density at radius 2 is 1.65 bits per heavy atom. The minimum absolute atomic E-state index is 0.337. The fraction of sp³-hybridized carbons (Fsp3) is 0.250. The Morgan fingerprint density at radius 3 is 2.35 bits per heavy atom. The Morgan fingerprint density at radius 1 is 0.903 bits per heavy atom. The molecule has 0 fully saturated rings. The average molecular weight is 428 g/mol. The third-order valence-corrected chi connectivity index (χ3v) is 6.90. The van der Waals surface area contributed by atoms with Gasteiger partial charge in [-0.1, -0.05) is 69.7 Å². The maximum atomic E-state index is 7.91. The van der Waals surface area contributed by atoms with Crippen LogP contribution in [0.25, 0.3) is 38.2 Å². The maximum Gasteiger partial charge on any atom is 0.147 e. The van der Waals surface area contributed by atoms with Crippen LogP contribution in [-0.2, 0) is 0 Å². The molecule has 2 aromatic heterocycles. The summed E-state index contributed by atoms with van der Waals surface area (Å²) in [4.78, 5) is 5.10. The van der Waals surface area contributed by atoms with Gasteiger partial charge in [0, 0.05) is 25.1 Å². The fourth-order valence-electron chi connectivity index (χ4n) is 4.41. The first kappa shape index (κ1) is 16.7. The highest BCUT2D eigenvalue weighted by molar-refractivity contribution is 7.17. The van der Waals surface area contributed by atoms with E-state index in [1.807, 2.05) is 24.3 Å². The highest BCUT2D eigenvalue weighted by Gasteiger charge is 2.23. The van der Waals surface area contributed by atoms with Crippen molar-refractivity contribution >= 4 is 32.5 Å². The van der Waals surface area contributed by atoms with Gasteiger partial charge in [-0.15, -0.1) is 11.3 Å². The molecule has 5 rings (SSSR count). The first-order chi connectivity index (χ1) is 16.2. The number of hydrogen-bond donors (Lipinski definition) is 0. The zero-order valence-corrected chi connectivity index (χ0v) is 19.1. The van der Waals surface area contributed by atoms with E-state index in [1.165, 1.54) is 16.8 Å². The van der Waals surface area contributed by atoms with E-state index < -0.39 is 6.85 Å². The number of hydrogen-bond acceptors (Lipinski definition) is 2. The molecule has 0 amide bonds. The first-order valence-corrected chi connectivity index (χ1v) is 11.7. The molecule has 0 bridgehead atoms. The average Bonchev–Trinajstić information content (AvgIpc) is 3.38. The molecule has 0 aliphatic rings. The quantitative estimate of drug-likeness (QED) is 0.281.